The van der Waals surface area contributed by atoms with Crippen molar-refractivity contribution in [1.82, 2.24) is 0 Å². The minimum absolute atomic E-state index is 0. The highest BCUT2D eigenvalue weighted by molar-refractivity contribution is 9.10. The topological polar surface area (TPSA) is 46.2 Å². The molecule has 1 saturated carbocycles. The smallest absolute Gasteiger partial charge is 0.129 e. The molecule has 18 heavy (non-hydrogen) atoms. The van der Waals surface area contributed by atoms with Crippen LogP contribution in [0.3, 0.4) is 0 Å². The summed E-state index contributed by atoms with van der Waals surface area (Å²) in [6.45, 7) is 0. The summed E-state index contributed by atoms with van der Waals surface area (Å²) in [4.78, 5) is 0. The van der Waals surface area contributed by atoms with Crippen molar-refractivity contribution < 1.29 is 9.50 Å². The van der Waals surface area contributed by atoms with Gasteiger partial charge in [0.1, 0.15) is 5.82 Å². The van der Waals surface area contributed by atoms with Gasteiger partial charge >= 0.3 is 0 Å². The number of hydrogen-bond donors (Lipinski definition) is 2. The second-order valence-corrected chi connectivity index (χ2v) is 5.55. The fourth-order valence-electron chi connectivity index (χ4n) is 2.59. The Kier molecular flexibility index (Phi) is 6.05. The third-order valence-electron chi connectivity index (χ3n) is 3.58. The number of halogens is 3. The zero-order valence-corrected chi connectivity index (χ0v) is 12.4. The summed E-state index contributed by atoms with van der Waals surface area (Å²) in [6, 6.07) is 4.09. The molecule has 0 heterocycles. The standard InChI is InChI=1S/C13H17BrFNO.ClH/c14-9-6-3-7-10(15)11(9)12(16)13(17)8-4-1-2-5-8;/h3,6-8,12-13,17H,1-2,4-5,16H2;1H/t12-,13+;/m1./s1. The van der Waals surface area contributed by atoms with Gasteiger partial charge < -0.3 is 10.8 Å². The largest absolute Gasteiger partial charge is 0.391 e. The van der Waals surface area contributed by atoms with Gasteiger partial charge in [0, 0.05) is 10.0 Å². The van der Waals surface area contributed by atoms with E-state index in [9.17, 15) is 9.50 Å². The van der Waals surface area contributed by atoms with Crippen LogP contribution >= 0.6 is 28.3 Å². The SMILES string of the molecule is Cl.N[C@H](c1c(F)cccc1Br)[C@@H](O)C1CCCC1. The lowest BCUT2D eigenvalue weighted by atomic mass is 9.91. The Balaban J connectivity index is 0.00000162. The summed E-state index contributed by atoms with van der Waals surface area (Å²) < 4.78 is 14.4. The van der Waals surface area contributed by atoms with Gasteiger partial charge in [-0.2, -0.15) is 0 Å². The monoisotopic (exact) mass is 337 g/mol. The number of benzene rings is 1. The molecule has 5 heteroatoms. The van der Waals surface area contributed by atoms with Gasteiger partial charge in [-0.3, -0.25) is 0 Å². The molecule has 0 aliphatic heterocycles. The van der Waals surface area contributed by atoms with Crippen LogP contribution < -0.4 is 5.73 Å². The van der Waals surface area contributed by atoms with Gasteiger partial charge in [-0.25, -0.2) is 4.39 Å². The summed E-state index contributed by atoms with van der Waals surface area (Å²) in [6.07, 6.45) is 3.58. The van der Waals surface area contributed by atoms with Crippen LogP contribution in [0.4, 0.5) is 4.39 Å². The molecule has 1 aliphatic carbocycles. The Morgan fingerprint density at radius 3 is 2.50 bits per heavy atom. The van der Waals surface area contributed by atoms with Crippen LogP contribution in [0.1, 0.15) is 37.3 Å². The second-order valence-electron chi connectivity index (χ2n) is 4.70. The molecule has 0 amide bonds. The van der Waals surface area contributed by atoms with E-state index in [4.69, 9.17) is 5.73 Å². The molecule has 2 rings (SSSR count). The Bertz CT molecular complexity index is 378. The van der Waals surface area contributed by atoms with E-state index in [-0.39, 0.29) is 24.1 Å². The number of aliphatic hydroxyl groups excluding tert-OH is 1. The molecule has 0 aromatic heterocycles. The van der Waals surface area contributed by atoms with E-state index in [1.165, 1.54) is 6.07 Å². The molecule has 1 aromatic rings. The zero-order chi connectivity index (χ0) is 12.4. The minimum atomic E-state index is -0.661. The summed E-state index contributed by atoms with van der Waals surface area (Å²) in [5.74, 6) is -0.152. The van der Waals surface area contributed by atoms with Gasteiger partial charge in [0.25, 0.3) is 0 Å². The third-order valence-corrected chi connectivity index (χ3v) is 4.28. The molecule has 0 saturated heterocycles. The van der Waals surface area contributed by atoms with Crippen LogP contribution in [-0.2, 0) is 0 Å². The molecule has 0 bridgehead atoms. The summed E-state index contributed by atoms with van der Waals surface area (Å²) in [5, 5.41) is 10.2. The Hall–Kier alpha value is -0.160. The van der Waals surface area contributed by atoms with Crippen LogP contribution in [0.2, 0.25) is 0 Å². The Morgan fingerprint density at radius 2 is 1.94 bits per heavy atom. The predicted molar refractivity (Wildman–Crippen MR) is 76.2 cm³/mol. The first-order chi connectivity index (χ1) is 8.11. The lowest BCUT2D eigenvalue weighted by Gasteiger charge is -2.25. The first-order valence-electron chi connectivity index (χ1n) is 5.99. The van der Waals surface area contributed by atoms with Gasteiger partial charge in [-0.05, 0) is 30.9 Å². The van der Waals surface area contributed by atoms with Crippen molar-refractivity contribution in [2.75, 3.05) is 0 Å². The quantitative estimate of drug-likeness (QED) is 0.885. The van der Waals surface area contributed by atoms with Gasteiger partial charge in [-0.15, -0.1) is 12.4 Å². The van der Waals surface area contributed by atoms with Crippen molar-refractivity contribution in [2.24, 2.45) is 11.7 Å². The average molecular weight is 339 g/mol. The number of aliphatic hydroxyl groups is 1. The lowest BCUT2D eigenvalue weighted by Crippen LogP contribution is -2.32. The molecular weight excluding hydrogens is 321 g/mol. The van der Waals surface area contributed by atoms with Crippen molar-refractivity contribution >= 4 is 28.3 Å². The zero-order valence-electron chi connectivity index (χ0n) is 9.98. The Labute approximate surface area is 121 Å². The highest BCUT2D eigenvalue weighted by Gasteiger charge is 2.30. The highest BCUT2D eigenvalue weighted by atomic mass is 79.9. The molecule has 0 radical (unpaired) electrons. The number of hydrogen-bond acceptors (Lipinski definition) is 2. The molecule has 0 unspecified atom stereocenters. The van der Waals surface area contributed by atoms with Crippen LogP contribution in [0.25, 0.3) is 0 Å². The molecule has 1 aliphatic rings. The van der Waals surface area contributed by atoms with E-state index in [0.29, 0.717) is 10.0 Å². The molecule has 2 atom stereocenters. The van der Waals surface area contributed by atoms with Crippen LogP contribution in [-0.4, -0.2) is 11.2 Å². The fourth-order valence-corrected chi connectivity index (χ4v) is 3.20. The van der Waals surface area contributed by atoms with Crippen molar-refractivity contribution in [3.05, 3.63) is 34.1 Å². The van der Waals surface area contributed by atoms with Crippen molar-refractivity contribution in [1.29, 1.82) is 0 Å². The maximum absolute atomic E-state index is 13.7. The van der Waals surface area contributed by atoms with E-state index in [1.807, 2.05) is 0 Å². The van der Waals surface area contributed by atoms with Crippen LogP contribution in [0.15, 0.2) is 22.7 Å². The maximum Gasteiger partial charge on any atom is 0.129 e. The number of rotatable bonds is 3. The lowest BCUT2D eigenvalue weighted by molar-refractivity contribution is 0.0830. The second kappa shape index (κ2) is 6.85. The molecule has 102 valence electrons. The molecular formula is C13H18BrClFNO. The Morgan fingerprint density at radius 1 is 1.33 bits per heavy atom. The van der Waals surface area contributed by atoms with E-state index >= 15 is 0 Å². The highest BCUT2D eigenvalue weighted by Crippen LogP contribution is 2.35. The average Bonchev–Trinajstić information content (AvgIpc) is 2.81. The van der Waals surface area contributed by atoms with Gasteiger partial charge in [-0.1, -0.05) is 34.8 Å². The van der Waals surface area contributed by atoms with Crippen LogP contribution in [0.5, 0.6) is 0 Å². The maximum atomic E-state index is 13.7. The van der Waals surface area contributed by atoms with Gasteiger partial charge in [0.2, 0.25) is 0 Å². The molecule has 1 fully saturated rings. The first-order valence-corrected chi connectivity index (χ1v) is 6.78. The molecule has 0 spiro atoms. The van der Waals surface area contributed by atoms with E-state index in [2.05, 4.69) is 15.9 Å². The summed E-state index contributed by atoms with van der Waals surface area (Å²) in [5.41, 5.74) is 6.38. The normalized spacial score (nSPS) is 19.3. The molecule has 2 nitrogen and oxygen atoms in total. The van der Waals surface area contributed by atoms with Crippen molar-refractivity contribution in [2.45, 2.75) is 37.8 Å². The summed E-state index contributed by atoms with van der Waals surface area (Å²) in [7, 11) is 0. The van der Waals surface area contributed by atoms with Crippen molar-refractivity contribution in [3.8, 4) is 0 Å². The van der Waals surface area contributed by atoms with E-state index in [1.54, 1.807) is 12.1 Å². The summed E-state index contributed by atoms with van der Waals surface area (Å²) >= 11 is 3.29. The third kappa shape index (κ3) is 3.23. The van der Waals surface area contributed by atoms with E-state index < -0.39 is 12.1 Å². The minimum Gasteiger partial charge on any atom is -0.391 e. The molecule has 3 N–H and O–H groups in total. The predicted octanol–water partition coefficient (Wildman–Crippen LogP) is 3.56. The van der Waals surface area contributed by atoms with Gasteiger partial charge in [0.15, 0.2) is 0 Å². The number of nitrogens with two attached hydrogens (primary N) is 1. The van der Waals surface area contributed by atoms with Crippen LogP contribution in [0, 0.1) is 11.7 Å². The molecule has 1 aromatic carbocycles. The fraction of sp³-hybridized carbons (Fsp3) is 0.538. The van der Waals surface area contributed by atoms with Gasteiger partial charge in [0.05, 0.1) is 12.1 Å². The van der Waals surface area contributed by atoms with E-state index in [0.717, 1.165) is 25.7 Å². The van der Waals surface area contributed by atoms with Crippen molar-refractivity contribution in [3.63, 3.8) is 0 Å². The first kappa shape index (κ1) is 15.9.